The van der Waals surface area contributed by atoms with Crippen molar-refractivity contribution in [2.45, 2.75) is 0 Å². The van der Waals surface area contributed by atoms with E-state index in [0.717, 1.165) is 0 Å². The average Bonchev–Trinajstić information content (AvgIpc) is 3.46. The molecule has 0 radical (unpaired) electrons. The fourth-order valence-corrected chi connectivity index (χ4v) is 3.31. The van der Waals surface area contributed by atoms with Gasteiger partial charge in [0.25, 0.3) is 0 Å². The molecule has 5 rings (SSSR count). The molecule has 0 saturated heterocycles. The third-order valence-corrected chi connectivity index (χ3v) is 4.94. The van der Waals surface area contributed by atoms with Crippen molar-refractivity contribution in [2.24, 2.45) is 4.99 Å². The molecule has 0 aromatic heterocycles. The average molecular weight is 443 g/mol. The maximum Gasteiger partial charge on any atom is 0.363 e. The van der Waals surface area contributed by atoms with Crippen LogP contribution in [0.4, 0.5) is 0 Å². The summed E-state index contributed by atoms with van der Waals surface area (Å²) in [7, 11) is 1.46. The Morgan fingerprint density at radius 3 is 2.61 bits per heavy atom. The number of carbonyl (C=O) groups excluding carboxylic acids is 2. The van der Waals surface area contributed by atoms with Crippen molar-refractivity contribution in [2.75, 3.05) is 13.9 Å². The van der Waals surface area contributed by atoms with Gasteiger partial charge in [0.1, 0.15) is 0 Å². The highest BCUT2D eigenvalue weighted by Crippen LogP contribution is 2.34. The smallest absolute Gasteiger partial charge is 0.363 e. The Kier molecular flexibility index (Phi) is 5.24. The lowest BCUT2D eigenvalue weighted by atomic mass is 10.1. The second-order valence-corrected chi connectivity index (χ2v) is 7.07. The van der Waals surface area contributed by atoms with Crippen LogP contribution in [-0.2, 0) is 9.53 Å². The van der Waals surface area contributed by atoms with Crippen molar-refractivity contribution in [1.29, 1.82) is 0 Å². The number of rotatable bonds is 5. The molecule has 0 saturated carbocycles. The zero-order valence-electron chi connectivity index (χ0n) is 17.4. The highest BCUT2D eigenvalue weighted by molar-refractivity contribution is 6.12. The van der Waals surface area contributed by atoms with E-state index in [1.54, 1.807) is 54.6 Å². The molecular weight excluding hydrogens is 426 g/mol. The number of aliphatic imine (C=N–C) groups is 1. The zero-order chi connectivity index (χ0) is 22.8. The predicted octanol–water partition coefficient (Wildman–Crippen LogP) is 3.99. The summed E-state index contributed by atoms with van der Waals surface area (Å²) in [4.78, 5) is 29.1. The van der Waals surface area contributed by atoms with Crippen LogP contribution in [0.5, 0.6) is 23.0 Å². The van der Waals surface area contributed by atoms with Gasteiger partial charge in [-0.25, -0.2) is 14.6 Å². The number of hydrogen-bond donors (Lipinski definition) is 0. The first-order valence-electron chi connectivity index (χ1n) is 9.98. The monoisotopic (exact) mass is 443 g/mol. The van der Waals surface area contributed by atoms with Crippen LogP contribution in [0.1, 0.15) is 21.5 Å². The van der Waals surface area contributed by atoms with Gasteiger partial charge in [0.2, 0.25) is 12.7 Å². The van der Waals surface area contributed by atoms with E-state index in [1.165, 1.54) is 7.11 Å². The van der Waals surface area contributed by atoms with E-state index in [0.29, 0.717) is 33.9 Å². The molecule has 0 aliphatic carbocycles. The van der Waals surface area contributed by atoms with Gasteiger partial charge in [-0.05, 0) is 54.1 Å². The fraction of sp³-hybridized carbons (Fsp3) is 0.0800. The summed E-state index contributed by atoms with van der Waals surface area (Å²) in [6.07, 6.45) is 1.57. The van der Waals surface area contributed by atoms with Gasteiger partial charge in [0, 0.05) is 5.56 Å². The van der Waals surface area contributed by atoms with E-state index in [9.17, 15) is 9.59 Å². The van der Waals surface area contributed by atoms with Crippen molar-refractivity contribution >= 4 is 23.9 Å². The van der Waals surface area contributed by atoms with Crippen LogP contribution in [0.3, 0.4) is 0 Å². The molecule has 0 unspecified atom stereocenters. The topological polar surface area (TPSA) is 92.7 Å². The molecule has 0 bridgehead atoms. The van der Waals surface area contributed by atoms with Crippen LogP contribution in [0.2, 0.25) is 0 Å². The lowest BCUT2D eigenvalue weighted by Gasteiger charge is -2.10. The Morgan fingerprint density at radius 1 is 0.970 bits per heavy atom. The van der Waals surface area contributed by atoms with E-state index in [4.69, 9.17) is 23.7 Å². The predicted molar refractivity (Wildman–Crippen MR) is 118 cm³/mol. The lowest BCUT2D eigenvalue weighted by molar-refractivity contribution is -0.129. The largest absolute Gasteiger partial charge is 0.493 e. The minimum Gasteiger partial charge on any atom is -0.493 e. The normalized spacial score (nSPS) is 15.2. The zero-order valence-corrected chi connectivity index (χ0v) is 17.4. The van der Waals surface area contributed by atoms with Crippen LogP contribution in [0.15, 0.2) is 77.4 Å². The van der Waals surface area contributed by atoms with E-state index in [-0.39, 0.29) is 24.1 Å². The van der Waals surface area contributed by atoms with Gasteiger partial charge in [-0.2, -0.15) is 0 Å². The second-order valence-electron chi connectivity index (χ2n) is 7.07. The molecule has 164 valence electrons. The number of hydrogen-bond acceptors (Lipinski definition) is 8. The van der Waals surface area contributed by atoms with Gasteiger partial charge in [-0.1, -0.05) is 24.3 Å². The molecule has 33 heavy (non-hydrogen) atoms. The van der Waals surface area contributed by atoms with Gasteiger partial charge in [-0.3, -0.25) is 0 Å². The quantitative estimate of drug-likeness (QED) is 0.334. The highest BCUT2D eigenvalue weighted by Gasteiger charge is 2.24. The van der Waals surface area contributed by atoms with Crippen molar-refractivity contribution in [3.63, 3.8) is 0 Å². The van der Waals surface area contributed by atoms with Crippen LogP contribution < -0.4 is 18.9 Å². The van der Waals surface area contributed by atoms with Crippen LogP contribution in [-0.4, -0.2) is 31.7 Å². The van der Waals surface area contributed by atoms with Gasteiger partial charge in [0.15, 0.2) is 28.7 Å². The number of fused-ring (bicyclic) bond motifs is 1. The maximum atomic E-state index is 12.6. The third kappa shape index (κ3) is 4.14. The fourth-order valence-electron chi connectivity index (χ4n) is 3.31. The maximum absolute atomic E-state index is 12.6. The number of benzene rings is 3. The third-order valence-electron chi connectivity index (χ3n) is 4.94. The molecule has 2 heterocycles. The standard InChI is InChI=1S/C25H17NO7/c1-29-21-12-15(11-18-25(28)33-23(26-18)16-5-3-2-4-6-16)7-9-20(21)32-24(27)17-8-10-19-22(13-17)31-14-30-19/h2-13H,14H2,1H3/b18-11-. The Balaban J connectivity index is 1.37. The van der Waals surface area contributed by atoms with Crippen molar-refractivity contribution in [3.8, 4) is 23.0 Å². The highest BCUT2D eigenvalue weighted by atomic mass is 16.7. The minimum absolute atomic E-state index is 0.114. The molecule has 8 nitrogen and oxygen atoms in total. The molecule has 0 fully saturated rings. The first-order chi connectivity index (χ1) is 16.1. The summed E-state index contributed by atoms with van der Waals surface area (Å²) in [6, 6.07) is 18.9. The Morgan fingerprint density at radius 2 is 1.79 bits per heavy atom. The summed E-state index contributed by atoms with van der Waals surface area (Å²) in [5.41, 5.74) is 1.79. The Bertz CT molecular complexity index is 1310. The Labute approximate surface area is 188 Å². The van der Waals surface area contributed by atoms with Crippen molar-refractivity contribution in [1.82, 2.24) is 0 Å². The van der Waals surface area contributed by atoms with E-state index in [1.807, 2.05) is 18.2 Å². The second kappa shape index (κ2) is 8.51. The Hall–Kier alpha value is -4.59. The van der Waals surface area contributed by atoms with E-state index < -0.39 is 11.9 Å². The molecule has 0 spiro atoms. The first kappa shape index (κ1) is 20.3. The SMILES string of the molecule is COc1cc(/C=C2\N=C(c3ccccc3)OC2=O)ccc1OC(=O)c1ccc2c(c1)OCO2. The molecule has 3 aromatic rings. The van der Waals surface area contributed by atoms with Gasteiger partial charge >= 0.3 is 11.9 Å². The van der Waals surface area contributed by atoms with Crippen molar-refractivity contribution < 1.29 is 33.3 Å². The summed E-state index contributed by atoms with van der Waals surface area (Å²) < 4.78 is 26.7. The number of carbonyl (C=O) groups is 2. The van der Waals surface area contributed by atoms with Crippen LogP contribution in [0, 0.1) is 0 Å². The molecular formula is C25H17NO7. The molecule has 8 heteroatoms. The van der Waals surface area contributed by atoms with Crippen molar-refractivity contribution in [3.05, 3.63) is 89.1 Å². The molecule has 0 amide bonds. The minimum atomic E-state index is -0.575. The molecule has 2 aliphatic rings. The summed E-state index contributed by atoms with van der Waals surface area (Å²) >= 11 is 0. The number of cyclic esters (lactones) is 1. The van der Waals surface area contributed by atoms with E-state index >= 15 is 0 Å². The molecule has 2 aliphatic heterocycles. The van der Waals surface area contributed by atoms with Gasteiger partial charge in [0.05, 0.1) is 12.7 Å². The van der Waals surface area contributed by atoms with Gasteiger partial charge in [-0.15, -0.1) is 0 Å². The van der Waals surface area contributed by atoms with E-state index in [2.05, 4.69) is 4.99 Å². The van der Waals surface area contributed by atoms with Gasteiger partial charge < -0.3 is 23.7 Å². The lowest BCUT2D eigenvalue weighted by Crippen LogP contribution is -2.09. The summed E-state index contributed by atoms with van der Waals surface area (Å²) in [5, 5.41) is 0. The van der Waals surface area contributed by atoms with Crippen LogP contribution >= 0.6 is 0 Å². The molecule has 0 N–H and O–H groups in total. The number of esters is 2. The summed E-state index contributed by atoms with van der Waals surface area (Å²) in [5.74, 6) is 0.720. The number of ether oxygens (including phenoxy) is 5. The van der Waals surface area contributed by atoms with Crippen LogP contribution in [0.25, 0.3) is 6.08 Å². The first-order valence-corrected chi connectivity index (χ1v) is 9.98. The number of methoxy groups -OCH3 is 1. The molecule has 3 aromatic carbocycles. The molecule has 0 atom stereocenters. The number of nitrogens with zero attached hydrogens (tertiary/aromatic N) is 1. The summed E-state index contributed by atoms with van der Waals surface area (Å²) in [6.45, 7) is 0.114.